The second-order valence-electron chi connectivity index (χ2n) is 16.6. The molecule has 0 fully saturated rings. The third-order valence-corrected chi connectivity index (χ3v) is 12.9. The molecule has 1 atom stereocenters. The zero-order valence-electron chi connectivity index (χ0n) is 35.1. The maximum absolute atomic E-state index is 5.63. The Labute approximate surface area is 373 Å². The fraction of sp³-hybridized carbons (Fsp3) is 0.0161. The minimum atomic E-state index is 0.00471. The first-order chi connectivity index (χ1) is 31.8. The van der Waals surface area contributed by atoms with Crippen molar-refractivity contribution in [1.82, 2.24) is 4.98 Å². The van der Waals surface area contributed by atoms with Gasteiger partial charge in [-0.3, -0.25) is 0 Å². The summed E-state index contributed by atoms with van der Waals surface area (Å²) in [7, 11) is 0. The van der Waals surface area contributed by atoms with Gasteiger partial charge in [-0.1, -0.05) is 218 Å². The van der Waals surface area contributed by atoms with Crippen molar-refractivity contribution in [2.45, 2.75) is 6.04 Å². The molecule has 0 radical (unpaired) electrons. The van der Waals surface area contributed by atoms with E-state index >= 15 is 0 Å². The molecule has 11 aromatic rings. The van der Waals surface area contributed by atoms with Crippen LogP contribution >= 0.6 is 0 Å². The fourth-order valence-corrected chi connectivity index (χ4v) is 9.95. The first-order valence-corrected chi connectivity index (χ1v) is 22.1. The molecule has 0 saturated carbocycles. The van der Waals surface area contributed by atoms with Crippen LogP contribution in [0.1, 0.15) is 17.2 Å². The normalized spacial score (nSPS) is 13.2. The number of benzene rings is 10. The van der Waals surface area contributed by atoms with Gasteiger partial charge in [-0.15, -0.1) is 0 Å². The van der Waals surface area contributed by atoms with E-state index in [4.69, 9.17) is 4.98 Å². The summed E-state index contributed by atoms with van der Waals surface area (Å²) in [5, 5.41) is 10.1. The second-order valence-corrected chi connectivity index (χ2v) is 16.6. The van der Waals surface area contributed by atoms with Crippen LogP contribution in [0.3, 0.4) is 0 Å². The van der Waals surface area contributed by atoms with Crippen LogP contribution in [0.25, 0.3) is 105 Å². The first kappa shape index (κ1) is 37.4. The highest BCUT2D eigenvalue weighted by Crippen LogP contribution is 2.49. The van der Waals surface area contributed by atoms with E-state index in [0.29, 0.717) is 0 Å². The third kappa shape index (κ3) is 6.47. The Bertz CT molecular complexity index is 3540. The molecule has 0 aliphatic carbocycles. The van der Waals surface area contributed by atoms with E-state index in [9.17, 15) is 0 Å². The maximum atomic E-state index is 5.63. The van der Waals surface area contributed by atoms with Gasteiger partial charge >= 0.3 is 0 Å². The molecule has 0 spiro atoms. The molecular weight excluding hydrogens is 773 g/mol. The van der Waals surface area contributed by atoms with E-state index in [1.807, 2.05) is 0 Å². The molecule has 1 aromatic heterocycles. The van der Waals surface area contributed by atoms with Crippen molar-refractivity contribution in [2.24, 2.45) is 0 Å². The number of rotatable bonds is 7. The number of pyridine rings is 1. The Hall–Kier alpha value is -8.33. The second kappa shape index (κ2) is 15.9. The summed E-state index contributed by atoms with van der Waals surface area (Å²) >= 11 is 0. The van der Waals surface area contributed by atoms with Gasteiger partial charge in [0.15, 0.2) is 0 Å². The SMILES string of the molecule is C1=CC(c2ccccc2)Nc2c1c(-c1ccccc1)c(-c1ccccc1)c1ccc(-c3cccc(-c4ccc5c(-c6ccccc6)c6ccccc6c(-c6ccccc6)c5c4)c3)nc21. The number of fused-ring (bicyclic) bond motifs is 5. The summed E-state index contributed by atoms with van der Waals surface area (Å²) in [5.74, 6) is 0. The van der Waals surface area contributed by atoms with Crippen LogP contribution in [0.2, 0.25) is 0 Å². The van der Waals surface area contributed by atoms with Crippen LogP contribution in [-0.4, -0.2) is 4.98 Å². The van der Waals surface area contributed by atoms with E-state index in [1.165, 1.54) is 71.6 Å². The number of aromatic nitrogens is 1. The van der Waals surface area contributed by atoms with Crippen molar-refractivity contribution in [3.63, 3.8) is 0 Å². The molecule has 1 aliphatic rings. The molecule has 0 bridgehead atoms. The number of nitrogens with zero attached hydrogens (tertiary/aromatic N) is 1. The smallest absolute Gasteiger partial charge is 0.0953 e. The molecule has 10 aromatic carbocycles. The van der Waals surface area contributed by atoms with Crippen LogP contribution in [0.5, 0.6) is 0 Å². The van der Waals surface area contributed by atoms with Gasteiger partial charge in [0.05, 0.1) is 22.9 Å². The van der Waals surface area contributed by atoms with Gasteiger partial charge < -0.3 is 5.32 Å². The standard InChI is InChI=1S/C62H42N2/c1-6-19-41(20-7-1)55-37-35-52-59(44-25-12-4-13-26-44)60(45-27-14-5-15-28-45)53-36-38-56(64-62(53)61(52)63-55)48-30-18-29-46(39-48)47-33-34-51-54(40-47)58(43-23-10-3-11-24-43)50-32-17-16-31-49(50)57(51)42-21-8-2-9-22-42/h1-40,55,63H. The number of hydrogen-bond donors (Lipinski definition) is 1. The van der Waals surface area contributed by atoms with E-state index in [0.717, 1.165) is 44.5 Å². The molecule has 1 aliphatic heterocycles. The van der Waals surface area contributed by atoms with Gasteiger partial charge in [0.25, 0.3) is 0 Å². The summed E-state index contributed by atoms with van der Waals surface area (Å²) in [6.07, 6.45) is 4.60. The molecule has 0 amide bonds. The van der Waals surface area contributed by atoms with Gasteiger partial charge in [-0.2, -0.15) is 0 Å². The Morgan fingerprint density at radius 2 is 0.797 bits per heavy atom. The lowest BCUT2D eigenvalue weighted by Gasteiger charge is -2.28. The van der Waals surface area contributed by atoms with Crippen LogP contribution in [-0.2, 0) is 0 Å². The average Bonchev–Trinajstić information content (AvgIpc) is 3.38. The maximum Gasteiger partial charge on any atom is 0.0953 e. The van der Waals surface area contributed by atoms with Crippen LogP contribution in [0, 0.1) is 0 Å². The number of hydrogen-bond acceptors (Lipinski definition) is 2. The molecule has 1 N–H and O–H groups in total. The molecule has 1 unspecified atom stereocenters. The minimum Gasteiger partial charge on any atom is -0.372 e. The Kier molecular flexibility index (Phi) is 9.27. The van der Waals surface area contributed by atoms with Gasteiger partial charge in [0.2, 0.25) is 0 Å². The summed E-state index contributed by atoms with van der Waals surface area (Å²) in [5.41, 5.74) is 18.3. The predicted molar refractivity (Wildman–Crippen MR) is 271 cm³/mol. The number of nitrogens with one attached hydrogen (secondary N) is 1. The van der Waals surface area contributed by atoms with Crippen molar-refractivity contribution in [1.29, 1.82) is 0 Å². The fourth-order valence-electron chi connectivity index (χ4n) is 9.95. The predicted octanol–water partition coefficient (Wildman–Crippen LogP) is 16.7. The minimum absolute atomic E-state index is 0.00471. The molecular formula is C62H42N2. The zero-order valence-corrected chi connectivity index (χ0v) is 35.1. The molecule has 64 heavy (non-hydrogen) atoms. The van der Waals surface area contributed by atoms with Crippen molar-refractivity contribution >= 4 is 44.2 Å². The van der Waals surface area contributed by atoms with E-state index < -0.39 is 0 Å². The topological polar surface area (TPSA) is 24.9 Å². The van der Waals surface area contributed by atoms with Crippen molar-refractivity contribution in [3.8, 4) is 66.9 Å². The van der Waals surface area contributed by atoms with Gasteiger partial charge in [0, 0.05) is 16.5 Å². The zero-order chi connectivity index (χ0) is 42.4. The Balaban J connectivity index is 1.05. The van der Waals surface area contributed by atoms with Gasteiger partial charge in [0.1, 0.15) is 0 Å². The molecule has 2 nitrogen and oxygen atoms in total. The summed E-state index contributed by atoms with van der Waals surface area (Å²) in [6, 6.07) is 83.2. The van der Waals surface area contributed by atoms with E-state index in [-0.39, 0.29) is 6.04 Å². The Morgan fingerprint density at radius 1 is 0.328 bits per heavy atom. The largest absolute Gasteiger partial charge is 0.372 e. The molecule has 300 valence electrons. The lowest BCUT2D eigenvalue weighted by Crippen LogP contribution is -2.14. The lowest BCUT2D eigenvalue weighted by atomic mass is 9.84. The van der Waals surface area contributed by atoms with E-state index in [2.05, 4.69) is 248 Å². The number of anilines is 1. The highest BCUT2D eigenvalue weighted by molar-refractivity contribution is 6.22. The van der Waals surface area contributed by atoms with Crippen LogP contribution in [0.15, 0.2) is 237 Å². The summed E-state index contributed by atoms with van der Waals surface area (Å²) < 4.78 is 0. The highest BCUT2D eigenvalue weighted by Gasteiger charge is 2.26. The summed E-state index contributed by atoms with van der Waals surface area (Å²) in [4.78, 5) is 5.63. The molecule has 2 heterocycles. The van der Waals surface area contributed by atoms with Crippen molar-refractivity contribution in [3.05, 3.63) is 248 Å². The van der Waals surface area contributed by atoms with E-state index in [1.54, 1.807) is 0 Å². The highest BCUT2D eigenvalue weighted by atomic mass is 14.9. The quantitative estimate of drug-likeness (QED) is 0.162. The van der Waals surface area contributed by atoms with Crippen LogP contribution in [0.4, 0.5) is 5.69 Å². The lowest BCUT2D eigenvalue weighted by molar-refractivity contribution is 0.981. The first-order valence-electron chi connectivity index (χ1n) is 22.1. The molecule has 0 saturated heterocycles. The Morgan fingerprint density at radius 3 is 1.42 bits per heavy atom. The summed E-state index contributed by atoms with van der Waals surface area (Å²) in [6.45, 7) is 0. The van der Waals surface area contributed by atoms with Crippen molar-refractivity contribution in [2.75, 3.05) is 5.32 Å². The van der Waals surface area contributed by atoms with Crippen LogP contribution < -0.4 is 5.32 Å². The molecule has 12 rings (SSSR count). The van der Waals surface area contributed by atoms with Gasteiger partial charge in [-0.25, -0.2) is 4.98 Å². The van der Waals surface area contributed by atoms with Crippen molar-refractivity contribution < 1.29 is 0 Å². The average molecular weight is 815 g/mol. The third-order valence-electron chi connectivity index (χ3n) is 12.9. The molecule has 2 heteroatoms. The monoisotopic (exact) mass is 814 g/mol. The van der Waals surface area contributed by atoms with Gasteiger partial charge in [-0.05, 0) is 107 Å².